The van der Waals surface area contributed by atoms with Gasteiger partial charge in [-0.15, -0.1) is 0 Å². The van der Waals surface area contributed by atoms with Crippen molar-refractivity contribution in [1.29, 1.82) is 0 Å². The Morgan fingerprint density at radius 2 is 1.00 bits per heavy atom. The van der Waals surface area contributed by atoms with Crippen LogP contribution in [0.3, 0.4) is 0 Å². The van der Waals surface area contributed by atoms with E-state index in [0.29, 0.717) is 12.8 Å². The summed E-state index contributed by atoms with van der Waals surface area (Å²) in [5, 5.41) is 6.03. The molecule has 0 spiro atoms. The molecule has 2 N–H and O–H groups in total. The first-order chi connectivity index (χ1) is 25.1. The number of amides is 2. The van der Waals surface area contributed by atoms with E-state index in [1.54, 1.807) is 0 Å². The number of halogens is 2. The van der Waals surface area contributed by atoms with Gasteiger partial charge in [-0.05, 0) is 0 Å². The summed E-state index contributed by atoms with van der Waals surface area (Å²) in [4.78, 5) is 25.2. The van der Waals surface area contributed by atoms with Crippen LogP contribution in [-0.4, -0.2) is 17.3 Å². The maximum atomic E-state index is 12.6. The van der Waals surface area contributed by atoms with Crippen molar-refractivity contribution in [1.82, 2.24) is 10.5 Å². The van der Waals surface area contributed by atoms with Crippen LogP contribution in [0.25, 0.3) is 34.4 Å². The SMILES string of the molecule is CCc1ccccc1-c1cccc2c1C=C(C(C)CC)[CH]2[Zr]([Cl])([Cl])([B](NC=O)NC=O)[CH]1C(C(C)CC)=Cc2c(-c3ccccc3CC)cccc21. The average molecular weight is 812 g/mol. The van der Waals surface area contributed by atoms with Crippen molar-refractivity contribution in [3.63, 3.8) is 0 Å². The van der Waals surface area contributed by atoms with Gasteiger partial charge >= 0.3 is 321 Å². The minimum atomic E-state index is -5.92. The Hall–Kier alpha value is -3.17. The predicted molar refractivity (Wildman–Crippen MR) is 219 cm³/mol. The number of aryl methyl sites for hydroxylation is 2. The quantitative estimate of drug-likeness (QED) is 0.0928. The molecule has 2 aliphatic rings. The van der Waals surface area contributed by atoms with Crippen LogP contribution < -0.4 is 10.5 Å². The Kier molecular flexibility index (Phi) is 11.6. The zero-order valence-electron chi connectivity index (χ0n) is 31.2. The summed E-state index contributed by atoms with van der Waals surface area (Å²) in [5.74, 6) is 0.287. The monoisotopic (exact) mass is 809 g/mol. The fraction of sp³-hybridized carbons (Fsp3) is 0.318. The van der Waals surface area contributed by atoms with E-state index >= 15 is 0 Å². The fourth-order valence-electron chi connectivity index (χ4n) is 9.06. The van der Waals surface area contributed by atoms with Crippen LogP contribution in [-0.2, 0) is 38.6 Å². The van der Waals surface area contributed by atoms with Crippen molar-refractivity contribution >= 4 is 46.5 Å². The second-order valence-electron chi connectivity index (χ2n) is 14.6. The van der Waals surface area contributed by atoms with Gasteiger partial charge in [0.05, 0.1) is 0 Å². The van der Waals surface area contributed by atoms with Crippen molar-refractivity contribution < 1.29 is 25.8 Å². The molecule has 2 amide bonds. The molecule has 2 aliphatic carbocycles. The predicted octanol–water partition coefficient (Wildman–Crippen LogP) is 11.3. The molecule has 4 aromatic rings. The Labute approximate surface area is 318 Å². The summed E-state index contributed by atoms with van der Waals surface area (Å²) in [7, 11) is 17.5. The minimum absolute atomic E-state index is 0.143. The molecule has 0 aromatic heterocycles. The summed E-state index contributed by atoms with van der Waals surface area (Å²) < 4.78 is -1.75. The topological polar surface area (TPSA) is 58.2 Å². The molecule has 6 rings (SSSR count). The van der Waals surface area contributed by atoms with Gasteiger partial charge in [-0.25, -0.2) is 0 Å². The molecular formula is C44H50BCl2N2O2Zr. The van der Waals surface area contributed by atoms with E-state index in [4.69, 9.17) is 17.0 Å². The number of hydrogen-bond donors (Lipinski definition) is 2. The van der Waals surface area contributed by atoms with E-state index in [2.05, 4.69) is 149 Å². The normalized spacial score (nSPS) is 18.2. The van der Waals surface area contributed by atoms with Crippen LogP contribution in [0.1, 0.15) is 95.0 Å². The molecule has 0 fully saturated rings. The molecule has 269 valence electrons. The second kappa shape index (κ2) is 15.7. The molecular weight excluding hydrogens is 761 g/mol. The van der Waals surface area contributed by atoms with Gasteiger partial charge in [-0.1, -0.05) is 0 Å². The van der Waals surface area contributed by atoms with Crippen molar-refractivity contribution in [2.45, 2.75) is 74.5 Å². The molecule has 0 saturated heterocycles. The molecule has 0 radical (unpaired) electrons. The third kappa shape index (κ3) is 6.31. The molecule has 4 nitrogen and oxygen atoms in total. The van der Waals surface area contributed by atoms with Crippen LogP contribution in [0.2, 0.25) is 0 Å². The van der Waals surface area contributed by atoms with Crippen LogP contribution in [0, 0.1) is 11.8 Å². The molecule has 4 aromatic carbocycles. The number of nitrogens with one attached hydrogen (secondary N) is 2. The standard InChI is InChI=1S/2C21H23.C2H3BN2O2.2ClH.Zr/c2*1-4-15(3)18-13-17-10-8-12-20(21(17)14-18)19-11-7-6-9-16(19)5-2;6-1-4-3-5-2-7;;;/h2*6-15H,4-5H2,1-3H3;1-2H,(H-,4,5,6,7);2*1H;/q;;;;;+1/p-1. The van der Waals surface area contributed by atoms with E-state index in [-0.39, 0.29) is 11.8 Å². The number of benzene rings is 4. The number of fused-ring (bicyclic) bond motifs is 2. The molecule has 4 atom stereocenters. The summed E-state index contributed by atoms with van der Waals surface area (Å²) >= 11 is -5.92. The molecule has 0 aliphatic heterocycles. The molecule has 4 unspecified atom stereocenters. The summed E-state index contributed by atoms with van der Waals surface area (Å²) in [6, 6.07) is 30.2. The van der Waals surface area contributed by atoms with Gasteiger partial charge < -0.3 is 0 Å². The summed E-state index contributed by atoms with van der Waals surface area (Å²) in [6.07, 6.45) is 9.54. The van der Waals surface area contributed by atoms with Crippen molar-refractivity contribution in [2.24, 2.45) is 11.8 Å². The summed E-state index contributed by atoms with van der Waals surface area (Å²) in [6.45, 7) is 13.3. The number of carbonyl (C=O) groups excluding carboxylic acids is 2. The molecule has 52 heavy (non-hydrogen) atoms. The maximum absolute atomic E-state index is 12.6. The molecule has 0 bridgehead atoms. The Balaban J connectivity index is 1.72. The van der Waals surface area contributed by atoms with E-state index < -0.39 is 27.9 Å². The fourth-order valence-corrected chi connectivity index (χ4v) is 29.8. The van der Waals surface area contributed by atoms with Gasteiger partial charge in [0.1, 0.15) is 0 Å². The van der Waals surface area contributed by atoms with Gasteiger partial charge in [0.2, 0.25) is 0 Å². The van der Waals surface area contributed by atoms with E-state index in [0.717, 1.165) is 59.1 Å². The Morgan fingerprint density at radius 1 is 0.615 bits per heavy atom. The van der Waals surface area contributed by atoms with Gasteiger partial charge in [-0.3, -0.25) is 0 Å². The first-order valence-corrected chi connectivity index (χ1v) is 29.5. The average Bonchev–Trinajstić information content (AvgIpc) is 3.78. The van der Waals surface area contributed by atoms with Crippen molar-refractivity contribution in [2.75, 3.05) is 0 Å². The second-order valence-corrected chi connectivity index (χ2v) is 36.1. The van der Waals surface area contributed by atoms with Crippen LogP contribution >= 0.6 is 17.0 Å². The van der Waals surface area contributed by atoms with Crippen LogP contribution in [0.5, 0.6) is 0 Å². The molecule has 0 saturated carbocycles. The van der Waals surface area contributed by atoms with Gasteiger partial charge in [0.25, 0.3) is 0 Å². The van der Waals surface area contributed by atoms with E-state index in [1.165, 1.54) is 33.4 Å². The third-order valence-electron chi connectivity index (χ3n) is 12.1. The van der Waals surface area contributed by atoms with E-state index in [9.17, 15) is 9.59 Å². The molecule has 8 heteroatoms. The van der Waals surface area contributed by atoms with Gasteiger partial charge in [0, 0.05) is 0 Å². The van der Waals surface area contributed by atoms with E-state index in [1.807, 2.05) is 0 Å². The zero-order valence-corrected chi connectivity index (χ0v) is 35.1. The first kappa shape index (κ1) is 38.5. The zero-order chi connectivity index (χ0) is 37.2. The Bertz CT molecular complexity index is 1920. The van der Waals surface area contributed by atoms with Crippen LogP contribution in [0.15, 0.2) is 96.1 Å². The van der Waals surface area contributed by atoms with Crippen LogP contribution in [0.4, 0.5) is 0 Å². The van der Waals surface area contributed by atoms with Gasteiger partial charge in [-0.2, -0.15) is 0 Å². The third-order valence-corrected chi connectivity index (χ3v) is 31.9. The summed E-state index contributed by atoms with van der Waals surface area (Å²) in [5.41, 5.74) is 14.0. The van der Waals surface area contributed by atoms with Crippen molar-refractivity contribution in [3.8, 4) is 22.3 Å². The molecule has 0 heterocycles. The number of allylic oxidation sites excluding steroid dienone is 2. The number of carbonyl (C=O) groups is 2. The number of hydrogen-bond acceptors (Lipinski definition) is 2. The van der Waals surface area contributed by atoms with Gasteiger partial charge in [0.15, 0.2) is 0 Å². The van der Waals surface area contributed by atoms with Crippen molar-refractivity contribution in [3.05, 3.63) is 129 Å². The first-order valence-electron chi connectivity index (χ1n) is 18.9. The Morgan fingerprint density at radius 3 is 1.37 bits per heavy atom. The number of rotatable bonds is 15.